The van der Waals surface area contributed by atoms with Crippen molar-refractivity contribution in [3.05, 3.63) is 29.8 Å². The second-order valence-corrected chi connectivity index (χ2v) is 8.44. The van der Waals surface area contributed by atoms with Crippen LogP contribution in [0.5, 0.6) is 0 Å². The van der Waals surface area contributed by atoms with E-state index in [4.69, 9.17) is 4.74 Å². The average Bonchev–Trinajstić information content (AvgIpc) is 2.54. The first-order valence-corrected chi connectivity index (χ1v) is 9.52. The average molecular weight is 360 g/mol. The molecule has 1 aliphatic heterocycles. The van der Waals surface area contributed by atoms with E-state index in [2.05, 4.69) is 25.2 Å². The van der Waals surface area contributed by atoms with Gasteiger partial charge in [0.1, 0.15) is 5.60 Å². The number of carbonyl (C=O) groups excluding carboxylic acids is 2. The van der Waals surface area contributed by atoms with E-state index in [-0.39, 0.29) is 12.0 Å². The van der Waals surface area contributed by atoms with E-state index in [1.54, 1.807) is 4.90 Å². The minimum atomic E-state index is -0.474. The molecule has 5 nitrogen and oxygen atoms in total. The number of rotatable bonds is 4. The first kappa shape index (κ1) is 20.3. The normalized spacial score (nSPS) is 15.8. The van der Waals surface area contributed by atoms with Crippen molar-refractivity contribution in [2.24, 2.45) is 5.92 Å². The maximum Gasteiger partial charge on any atom is 0.410 e. The van der Waals surface area contributed by atoms with Gasteiger partial charge in [0.05, 0.1) is 0 Å². The summed E-state index contributed by atoms with van der Waals surface area (Å²) in [5.74, 6) is 0.785. The Balaban J connectivity index is 1.79. The smallest absolute Gasteiger partial charge is 0.410 e. The Labute approximate surface area is 157 Å². The third kappa shape index (κ3) is 6.36. The Kier molecular flexibility index (Phi) is 6.68. The van der Waals surface area contributed by atoms with Gasteiger partial charge in [0.2, 0.25) is 5.91 Å². The zero-order valence-corrected chi connectivity index (χ0v) is 16.7. The van der Waals surface area contributed by atoms with Gasteiger partial charge in [-0.25, -0.2) is 4.79 Å². The van der Waals surface area contributed by atoms with Crippen LogP contribution in [-0.4, -0.2) is 35.6 Å². The maximum absolute atomic E-state index is 12.3. The van der Waals surface area contributed by atoms with Crippen molar-refractivity contribution in [2.75, 3.05) is 18.4 Å². The van der Waals surface area contributed by atoms with Crippen LogP contribution >= 0.6 is 0 Å². The molecule has 1 heterocycles. The second kappa shape index (κ2) is 8.56. The molecule has 1 fully saturated rings. The number of amides is 2. The van der Waals surface area contributed by atoms with E-state index in [1.165, 1.54) is 5.56 Å². The number of ether oxygens (including phenoxy) is 1. The van der Waals surface area contributed by atoms with Crippen molar-refractivity contribution in [3.63, 3.8) is 0 Å². The summed E-state index contributed by atoms with van der Waals surface area (Å²) in [7, 11) is 0. The highest BCUT2D eigenvalue weighted by atomic mass is 16.6. The molecule has 1 aliphatic rings. The molecule has 0 aliphatic carbocycles. The predicted molar refractivity (Wildman–Crippen MR) is 104 cm³/mol. The molecular weight excluding hydrogens is 328 g/mol. The highest BCUT2D eigenvalue weighted by Gasteiger charge is 2.27. The van der Waals surface area contributed by atoms with E-state index in [9.17, 15) is 9.59 Å². The maximum atomic E-state index is 12.3. The minimum Gasteiger partial charge on any atom is -0.444 e. The van der Waals surface area contributed by atoms with Crippen LogP contribution in [0, 0.1) is 5.92 Å². The number of hydrogen-bond acceptors (Lipinski definition) is 3. The lowest BCUT2D eigenvalue weighted by Crippen LogP contribution is -2.42. The van der Waals surface area contributed by atoms with Gasteiger partial charge in [-0.2, -0.15) is 0 Å². The van der Waals surface area contributed by atoms with Gasteiger partial charge in [-0.05, 0) is 63.1 Å². The molecule has 144 valence electrons. The molecule has 0 aromatic heterocycles. The number of nitrogens with zero attached hydrogens (tertiary/aromatic N) is 1. The van der Waals surface area contributed by atoms with Crippen LogP contribution in [0.4, 0.5) is 10.5 Å². The highest BCUT2D eigenvalue weighted by Crippen LogP contribution is 2.24. The number of nitrogens with one attached hydrogen (secondary N) is 1. The van der Waals surface area contributed by atoms with Crippen molar-refractivity contribution in [3.8, 4) is 0 Å². The summed E-state index contributed by atoms with van der Waals surface area (Å²) < 4.78 is 5.41. The van der Waals surface area contributed by atoms with E-state index < -0.39 is 5.60 Å². The summed E-state index contributed by atoms with van der Waals surface area (Å²) in [5.41, 5.74) is 1.60. The predicted octanol–water partition coefficient (Wildman–Crippen LogP) is 4.79. The first-order chi connectivity index (χ1) is 12.1. The van der Waals surface area contributed by atoms with Crippen LogP contribution in [0.15, 0.2) is 24.3 Å². The largest absolute Gasteiger partial charge is 0.444 e. The number of benzene rings is 1. The Morgan fingerprint density at radius 3 is 2.46 bits per heavy atom. The van der Waals surface area contributed by atoms with Gasteiger partial charge in [-0.15, -0.1) is 0 Å². The lowest BCUT2D eigenvalue weighted by Gasteiger charge is -2.33. The summed E-state index contributed by atoms with van der Waals surface area (Å²) in [6.07, 6.45) is 1.90. The molecule has 0 bridgehead atoms. The first-order valence-electron chi connectivity index (χ1n) is 9.52. The van der Waals surface area contributed by atoms with Crippen LogP contribution in [0.25, 0.3) is 0 Å². The quantitative estimate of drug-likeness (QED) is 0.840. The monoisotopic (exact) mass is 360 g/mol. The van der Waals surface area contributed by atoms with Crippen molar-refractivity contribution in [2.45, 2.75) is 65.4 Å². The van der Waals surface area contributed by atoms with Crippen LogP contribution in [0.3, 0.4) is 0 Å². The van der Waals surface area contributed by atoms with Crippen LogP contribution in [-0.2, 0) is 9.53 Å². The molecule has 1 N–H and O–H groups in total. The number of anilines is 1. The fourth-order valence-electron chi connectivity index (χ4n) is 3.10. The molecule has 5 heteroatoms. The topological polar surface area (TPSA) is 58.6 Å². The molecule has 2 amide bonds. The zero-order chi connectivity index (χ0) is 19.3. The fraction of sp³-hybridized carbons (Fsp3) is 0.619. The molecule has 0 saturated carbocycles. The van der Waals surface area contributed by atoms with E-state index in [1.807, 2.05) is 39.0 Å². The van der Waals surface area contributed by atoms with E-state index in [0.29, 0.717) is 31.3 Å². The number of hydrogen-bond donors (Lipinski definition) is 1. The summed E-state index contributed by atoms with van der Waals surface area (Å²) in [5, 5.41) is 3.01. The third-order valence-electron chi connectivity index (χ3n) is 4.58. The third-order valence-corrected chi connectivity index (χ3v) is 4.58. The molecule has 0 atom stereocenters. The summed E-state index contributed by atoms with van der Waals surface area (Å²) >= 11 is 0. The van der Waals surface area contributed by atoms with Crippen molar-refractivity contribution >= 4 is 17.7 Å². The molecular formula is C21H32N2O3. The van der Waals surface area contributed by atoms with Crippen LogP contribution in [0.2, 0.25) is 0 Å². The van der Waals surface area contributed by atoms with Crippen molar-refractivity contribution in [1.29, 1.82) is 0 Å². The minimum absolute atomic E-state index is 0.0432. The standard InChI is InChI=1S/C21H32N2O3/c1-15(2)17-7-6-8-18(14-17)22-19(24)13-16-9-11-23(12-10-16)20(25)26-21(3,4)5/h6-8,14-16H,9-13H2,1-5H3,(H,22,24). The van der Waals surface area contributed by atoms with E-state index in [0.717, 1.165) is 18.5 Å². The zero-order valence-electron chi connectivity index (χ0n) is 16.7. The Morgan fingerprint density at radius 2 is 1.88 bits per heavy atom. The Morgan fingerprint density at radius 1 is 1.23 bits per heavy atom. The molecule has 0 spiro atoms. The molecule has 1 aromatic rings. The van der Waals surface area contributed by atoms with Crippen molar-refractivity contribution < 1.29 is 14.3 Å². The van der Waals surface area contributed by atoms with Crippen molar-refractivity contribution in [1.82, 2.24) is 4.90 Å². The van der Waals surface area contributed by atoms with Gasteiger partial charge in [0, 0.05) is 25.2 Å². The van der Waals surface area contributed by atoms with Gasteiger partial charge in [0.15, 0.2) is 0 Å². The SMILES string of the molecule is CC(C)c1cccc(NC(=O)CC2CCN(C(=O)OC(C)(C)C)CC2)c1. The van der Waals surface area contributed by atoms with Gasteiger partial charge in [-0.3, -0.25) is 4.79 Å². The van der Waals surface area contributed by atoms with Crippen LogP contribution < -0.4 is 5.32 Å². The molecule has 1 saturated heterocycles. The summed E-state index contributed by atoms with van der Waals surface area (Å²) in [6, 6.07) is 8.01. The number of carbonyl (C=O) groups is 2. The summed E-state index contributed by atoms with van der Waals surface area (Å²) in [4.78, 5) is 26.2. The molecule has 1 aromatic carbocycles. The lowest BCUT2D eigenvalue weighted by molar-refractivity contribution is -0.117. The number of piperidine rings is 1. The van der Waals surface area contributed by atoms with Gasteiger partial charge in [-0.1, -0.05) is 26.0 Å². The summed E-state index contributed by atoms with van der Waals surface area (Å²) in [6.45, 7) is 11.2. The highest BCUT2D eigenvalue weighted by molar-refractivity contribution is 5.90. The van der Waals surface area contributed by atoms with Gasteiger partial charge in [0.25, 0.3) is 0 Å². The van der Waals surface area contributed by atoms with Gasteiger partial charge >= 0.3 is 6.09 Å². The van der Waals surface area contributed by atoms with E-state index >= 15 is 0 Å². The Hall–Kier alpha value is -2.04. The molecule has 0 radical (unpaired) electrons. The fourth-order valence-corrected chi connectivity index (χ4v) is 3.10. The number of likely N-dealkylation sites (tertiary alicyclic amines) is 1. The molecule has 2 rings (SSSR count). The second-order valence-electron chi connectivity index (χ2n) is 8.44. The van der Waals surface area contributed by atoms with Crippen LogP contribution in [0.1, 0.15) is 65.4 Å². The lowest BCUT2D eigenvalue weighted by atomic mass is 9.93. The van der Waals surface area contributed by atoms with Gasteiger partial charge < -0.3 is 15.0 Å². The molecule has 26 heavy (non-hydrogen) atoms. The molecule has 0 unspecified atom stereocenters. The Bertz CT molecular complexity index is 626.